The predicted molar refractivity (Wildman–Crippen MR) is 138 cm³/mol. The highest BCUT2D eigenvalue weighted by molar-refractivity contribution is 9.10. The fourth-order valence-corrected chi connectivity index (χ4v) is 5.45. The van der Waals surface area contributed by atoms with Crippen molar-refractivity contribution in [3.8, 4) is 11.5 Å². The van der Waals surface area contributed by atoms with Crippen LogP contribution in [0.1, 0.15) is 56.1 Å². The van der Waals surface area contributed by atoms with Gasteiger partial charge in [0.15, 0.2) is 5.78 Å². The zero-order valence-electron chi connectivity index (χ0n) is 20.4. The molecule has 6 nitrogen and oxygen atoms in total. The molecule has 1 heterocycles. The SMILES string of the molecule is CCCOC(=O)C1=C(C)NC2=C(C(=O)CC(c3ccc(OC)cc3)C2)C1c1ccc(OC)c(Br)c1. The Morgan fingerprint density at radius 1 is 1.06 bits per heavy atom. The summed E-state index contributed by atoms with van der Waals surface area (Å²) in [6, 6.07) is 13.5. The van der Waals surface area contributed by atoms with Crippen molar-refractivity contribution in [2.75, 3.05) is 20.8 Å². The van der Waals surface area contributed by atoms with Crippen molar-refractivity contribution < 1.29 is 23.8 Å². The molecule has 1 N–H and O–H groups in total. The summed E-state index contributed by atoms with van der Waals surface area (Å²) in [7, 11) is 3.24. The van der Waals surface area contributed by atoms with E-state index in [2.05, 4.69) is 21.2 Å². The van der Waals surface area contributed by atoms with Crippen molar-refractivity contribution in [1.82, 2.24) is 5.32 Å². The van der Waals surface area contributed by atoms with E-state index < -0.39 is 11.9 Å². The van der Waals surface area contributed by atoms with Gasteiger partial charge in [0, 0.05) is 29.3 Å². The molecular formula is C28H30BrNO5. The van der Waals surface area contributed by atoms with Crippen LogP contribution < -0.4 is 14.8 Å². The Labute approximate surface area is 214 Å². The van der Waals surface area contributed by atoms with Gasteiger partial charge in [0.1, 0.15) is 11.5 Å². The molecule has 7 heteroatoms. The molecule has 184 valence electrons. The normalized spacial score (nSPS) is 19.7. The summed E-state index contributed by atoms with van der Waals surface area (Å²) in [5.74, 6) is 0.634. The van der Waals surface area contributed by atoms with Gasteiger partial charge >= 0.3 is 5.97 Å². The molecule has 35 heavy (non-hydrogen) atoms. The molecular weight excluding hydrogens is 510 g/mol. The zero-order valence-corrected chi connectivity index (χ0v) is 22.0. The van der Waals surface area contributed by atoms with Crippen LogP contribution in [-0.4, -0.2) is 32.6 Å². The van der Waals surface area contributed by atoms with Gasteiger partial charge in [-0.25, -0.2) is 4.79 Å². The number of ether oxygens (including phenoxy) is 3. The second-order valence-electron chi connectivity index (χ2n) is 8.82. The van der Waals surface area contributed by atoms with Crippen molar-refractivity contribution in [2.45, 2.75) is 44.9 Å². The number of carbonyl (C=O) groups is 2. The number of allylic oxidation sites excluding steroid dienone is 3. The molecule has 4 rings (SSSR count). The van der Waals surface area contributed by atoms with Crippen LogP contribution in [0, 0.1) is 0 Å². The van der Waals surface area contributed by atoms with Gasteiger partial charge in [0.25, 0.3) is 0 Å². The van der Waals surface area contributed by atoms with Gasteiger partial charge in [-0.3, -0.25) is 4.79 Å². The second-order valence-corrected chi connectivity index (χ2v) is 9.67. The fourth-order valence-electron chi connectivity index (χ4n) is 4.89. The molecule has 0 radical (unpaired) electrons. The van der Waals surface area contributed by atoms with Crippen LogP contribution in [-0.2, 0) is 14.3 Å². The molecule has 1 aliphatic heterocycles. The van der Waals surface area contributed by atoms with E-state index in [4.69, 9.17) is 14.2 Å². The fraction of sp³-hybridized carbons (Fsp3) is 0.357. The maximum Gasteiger partial charge on any atom is 0.336 e. The Bertz CT molecular complexity index is 1200. The maximum atomic E-state index is 13.7. The van der Waals surface area contributed by atoms with Crippen LogP contribution in [0.2, 0.25) is 0 Å². The van der Waals surface area contributed by atoms with Crippen molar-refractivity contribution in [1.29, 1.82) is 0 Å². The Morgan fingerprint density at radius 2 is 1.77 bits per heavy atom. The number of nitrogens with one attached hydrogen (secondary N) is 1. The Kier molecular flexibility index (Phi) is 7.65. The largest absolute Gasteiger partial charge is 0.497 e. The molecule has 2 unspecified atom stereocenters. The quantitative estimate of drug-likeness (QED) is 0.449. The summed E-state index contributed by atoms with van der Waals surface area (Å²) >= 11 is 3.56. The number of dihydropyridines is 1. The van der Waals surface area contributed by atoms with Crippen molar-refractivity contribution in [2.24, 2.45) is 0 Å². The molecule has 2 atom stereocenters. The number of halogens is 1. The molecule has 0 saturated carbocycles. The first kappa shape index (κ1) is 25.0. The van der Waals surface area contributed by atoms with E-state index in [1.165, 1.54) is 0 Å². The van der Waals surface area contributed by atoms with Gasteiger partial charge in [-0.2, -0.15) is 0 Å². The summed E-state index contributed by atoms with van der Waals surface area (Å²) < 4.78 is 17.0. The smallest absolute Gasteiger partial charge is 0.336 e. The van der Waals surface area contributed by atoms with Crippen molar-refractivity contribution in [3.63, 3.8) is 0 Å². The lowest BCUT2D eigenvalue weighted by Crippen LogP contribution is -2.36. The number of methoxy groups -OCH3 is 2. The first-order chi connectivity index (χ1) is 16.9. The Morgan fingerprint density at radius 3 is 2.40 bits per heavy atom. The van der Waals surface area contributed by atoms with Crippen molar-refractivity contribution >= 4 is 27.7 Å². The van der Waals surface area contributed by atoms with E-state index in [0.29, 0.717) is 42.0 Å². The first-order valence-corrected chi connectivity index (χ1v) is 12.6. The average molecular weight is 540 g/mol. The van der Waals surface area contributed by atoms with E-state index in [1.807, 2.05) is 56.3 Å². The van der Waals surface area contributed by atoms with Gasteiger partial charge in [-0.15, -0.1) is 0 Å². The summed E-state index contributed by atoms with van der Waals surface area (Å²) in [4.78, 5) is 26.9. The molecule has 0 bridgehead atoms. The van der Waals surface area contributed by atoms with Crippen LogP contribution in [0.25, 0.3) is 0 Å². The minimum absolute atomic E-state index is 0.0322. The number of benzene rings is 2. The third kappa shape index (κ3) is 5.01. The van der Waals surface area contributed by atoms with Crippen molar-refractivity contribution in [3.05, 3.63) is 80.6 Å². The number of hydrogen-bond donors (Lipinski definition) is 1. The zero-order chi connectivity index (χ0) is 25.1. The molecule has 2 aromatic rings. The third-order valence-electron chi connectivity index (χ3n) is 6.58. The van der Waals surface area contributed by atoms with E-state index >= 15 is 0 Å². The molecule has 2 aromatic carbocycles. The second kappa shape index (κ2) is 10.7. The lowest BCUT2D eigenvalue weighted by molar-refractivity contribution is -0.139. The van der Waals surface area contributed by atoms with Crippen LogP contribution in [0.4, 0.5) is 0 Å². The maximum absolute atomic E-state index is 13.7. The monoisotopic (exact) mass is 539 g/mol. The van der Waals surface area contributed by atoms with Gasteiger partial charge in [0.05, 0.1) is 30.9 Å². The van der Waals surface area contributed by atoms with Gasteiger partial charge in [-0.05, 0) is 77.0 Å². The van der Waals surface area contributed by atoms with Gasteiger partial charge in [0.2, 0.25) is 0 Å². The Balaban J connectivity index is 1.77. The van der Waals surface area contributed by atoms with E-state index in [1.54, 1.807) is 14.2 Å². The minimum Gasteiger partial charge on any atom is -0.497 e. The minimum atomic E-state index is -0.512. The number of ketones is 1. The standard InChI is InChI=1S/C28H30BrNO5/c1-5-12-35-28(32)25-16(2)30-22-14-19(17-6-9-20(33-3)10-7-17)15-23(31)27(22)26(25)18-8-11-24(34-4)21(29)13-18/h6-11,13,19,26,30H,5,12,14-15H2,1-4H3. The lowest BCUT2D eigenvalue weighted by Gasteiger charge is -2.36. The molecule has 0 aromatic heterocycles. The molecule has 0 fully saturated rings. The molecule has 0 saturated heterocycles. The highest BCUT2D eigenvalue weighted by Crippen LogP contribution is 2.46. The average Bonchev–Trinajstić information content (AvgIpc) is 2.86. The van der Waals surface area contributed by atoms with Gasteiger partial charge in [-0.1, -0.05) is 25.1 Å². The Hall–Kier alpha value is -3.06. The van der Waals surface area contributed by atoms with E-state index in [-0.39, 0.29) is 11.7 Å². The lowest BCUT2D eigenvalue weighted by atomic mass is 9.71. The summed E-state index contributed by atoms with van der Waals surface area (Å²) in [6.45, 7) is 4.16. The topological polar surface area (TPSA) is 73.9 Å². The van der Waals surface area contributed by atoms with Crippen LogP contribution >= 0.6 is 15.9 Å². The predicted octanol–water partition coefficient (Wildman–Crippen LogP) is 5.78. The first-order valence-electron chi connectivity index (χ1n) is 11.8. The summed E-state index contributed by atoms with van der Waals surface area (Å²) in [6.07, 6.45) is 1.77. The summed E-state index contributed by atoms with van der Waals surface area (Å²) in [5.41, 5.74) is 4.62. The number of esters is 1. The number of hydrogen-bond acceptors (Lipinski definition) is 6. The molecule has 0 amide bonds. The summed E-state index contributed by atoms with van der Waals surface area (Å²) in [5, 5.41) is 3.39. The number of rotatable bonds is 7. The van der Waals surface area contributed by atoms with E-state index in [9.17, 15) is 9.59 Å². The molecule has 2 aliphatic rings. The number of carbonyl (C=O) groups excluding carboxylic acids is 2. The highest BCUT2D eigenvalue weighted by atomic mass is 79.9. The third-order valence-corrected chi connectivity index (χ3v) is 7.20. The van der Waals surface area contributed by atoms with Crippen LogP contribution in [0.3, 0.4) is 0 Å². The molecule has 0 spiro atoms. The highest BCUT2D eigenvalue weighted by Gasteiger charge is 2.41. The van der Waals surface area contributed by atoms with Crippen LogP contribution in [0.15, 0.2) is 69.5 Å². The number of Topliss-reactive ketones (excluding diaryl/α,β-unsaturated/α-hetero) is 1. The van der Waals surface area contributed by atoms with Gasteiger partial charge < -0.3 is 19.5 Å². The van der Waals surface area contributed by atoms with E-state index in [0.717, 1.165) is 33.5 Å². The van der Waals surface area contributed by atoms with Crippen LogP contribution in [0.5, 0.6) is 11.5 Å². The molecule has 1 aliphatic carbocycles.